The van der Waals surface area contributed by atoms with Gasteiger partial charge in [0.15, 0.2) is 0 Å². The number of aromatic nitrogens is 2. The summed E-state index contributed by atoms with van der Waals surface area (Å²) in [6, 6.07) is 8.33. The van der Waals surface area contributed by atoms with E-state index in [1.54, 1.807) is 0 Å². The van der Waals surface area contributed by atoms with Crippen molar-refractivity contribution in [3.63, 3.8) is 0 Å². The molecule has 6 heteroatoms. The quantitative estimate of drug-likeness (QED) is 0.932. The minimum absolute atomic E-state index is 0. The molecule has 1 aliphatic heterocycles. The highest BCUT2D eigenvalue weighted by Crippen LogP contribution is 2.17. The molecule has 0 bridgehead atoms. The normalized spacial score (nSPS) is 19.0. The van der Waals surface area contributed by atoms with Crippen molar-refractivity contribution in [1.82, 2.24) is 20.0 Å². The average Bonchev–Trinajstić information content (AvgIpc) is 2.81. The highest BCUT2D eigenvalue weighted by atomic mass is 35.5. The lowest BCUT2D eigenvalue weighted by atomic mass is 10.2. The third kappa shape index (κ3) is 4.02. The van der Waals surface area contributed by atoms with E-state index in [9.17, 15) is 0 Å². The van der Waals surface area contributed by atoms with Crippen molar-refractivity contribution >= 4 is 24.0 Å². The van der Waals surface area contributed by atoms with E-state index in [4.69, 9.17) is 11.6 Å². The Labute approximate surface area is 142 Å². The van der Waals surface area contributed by atoms with Gasteiger partial charge in [-0.3, -0.25) is 4.90 Å². The van der Waals surface area contributed by atoms with Crippen molar-refractivity contribution in [3.05, 3.63) is 46.7 Å². The molecule has 3 rings (SSSR count). The van der Waals surface area contributed by atoms with Gasteiger partial charge in [-0.05, 0) is 38.1 Å². The third-order valence-corrected chi connectivity index (χ3v) is 4.19. The van der Waals surface area contributed by atoms with Gasteiger partial charge >= 0.3 is 0 Å². The van der Waals surface area contributed by atoms with Crippen molar-refractivity contribution in [3.8, 4) is 5.69 Å². The van der Waals surface area contributed by atoms with Crippen LogP contribution in [0.4, 0.5) is 0 Å². The summed E-state index contributed by atoms with van der Waals surface area (Å²) in [5, 5.41) is 8.85. The summed E-state index contributed by atoms with van der Waals surface area (Å²) in [6.07, 6.45) is 2.13. The Bertz CT molecular complexity index is 609. The summed E-state index contributed by atoms with van der Waals surface area (Å²) in [5.41, 5.74) is 3.43. The van der Waals surface area contributed by atoms with E-state index in [-0.39, 0.29) is 12.4 Å². The molecule has 1 saturated heterocycles. The number of piperazine rings is 1. The fourth-order valence-corrected chi connectivity index (χ4v) is 2.90. The highest BCUT2D eigenvalue weighted by Gasteiger charge is 2.17. The topological polar surface area (TPSA) is 33.1 Å². The molecule has 1 aromatic heterocycles. The lowest BCUT2D eigenvalue weighted by Gasteiger charge is -2.31. The van der Waals surface area contributed by atoms with Crippen LogP contribution in [0.25, 0.3) is 5.69 Å². The van der Waals surface area contributed by atoms with Gasteiger partial charge in [0, 0.05) is 49.0 Å². The molecule has 2 heterocycles. The SMILES string of the molecule is Cc1nn(-c2ccc(Cl)cc2)cc1CN1CCN[C@@H](C)C1.Cl. The van der Waals surface area contributed by atoms with Gasteiger partial charge in [-0.1, -0.05) is 11.6 Å². The Morgan fingerprint density at radius 3 is 2.73 bits per heavy atom. The zero-order valence-electron chi connectivity index (χ0n) is 12.9. The number of benzene rings is 1. The van der Waals surface area contributed by atoms with Gasteiger partial charge in [0.2, 0.25) is 0 Å². The summed E-state index contributed by atoms with van der Waals surface area (Å²) in [7, 11) is 0. The number of halogens is 2. The zero-order valence-corrected chi connectivity index (χ0v) is 14.5. The van der Waals surface area contributed by atoms with Crippen LogP contribution in [0, 0.1) is 6.92 Å². The lowest BCUT2D eigenvalue weighted by Crippen LogP contribution is -2.48. The fourth-order valence-electron chi connectivity index (χ4n) is 2.77. The minimum Gasteiger partial charge on any atom is -0.312 e. The number of nitrogens with one attached hydrogen (secondary N) is 1. The van der Waals surface area contributed by atoms with E-state index in [1.165, 1.54) is 5.56 Å². The van der Waals surface area contributed by atoms with Crippen LogP contribution in [0.15, 0.2) is 30.5 Å². The second-order valence-electron chi connectivity index (χ2n) is 5.75. The van der Waals surface area contributed by atoms with Gasteiger partial charge in [0.1, 0.15) is 0 Å². The molecule has 0 aliphatic carbocycles. The molecule has 1 fully saturated rings. The standard InChI is InChI=1S/C16H21ClN4.ClH/c1-12-9-20(8-7-18-12)10-14-11-21(19-13(14)2)16-5-3-15(17)4-6-16;/h3-6,11-12,18H,7-10H2,1-2H3;1H/t12-;/m0./s1. The molecule has 4 nitrogen and oxygen atoms in total. The Balaban J connectivity index is 0.00000176. The molecule has 0 amide bonds. The summed E-state index contributed by atoms with van der Waals surface area (Å²) in [6.45, 7) is 8.52. The summed E-state index contributed by atoms with van der Waals surface area (Å²) >= 11 is 5.94. The average molecular weight is 341 g/mol. The maximum Gasteiger partial charge on any atom is 0.0646 e. The van der Waals surface area contributed by atoms with Crippen molar-refractivity contribution in [2.24, 2.45) is 0 Å². The molecule has 1 N–H and O–H groups in total. The molecular weight excluding hydrogens is 319 g/mol. The molecule has 1 aromatic carbocycles. The molecule has 1 aliphatic rings. The molecule has 0 unspecified atom stereocenters. The maximum atomic E-state index is 5.94. The second-order valence-corrected chi connectivity index (χ2v) is 6.19. The Morgan fingerprint density at radius 2 is 2.05 bits per heavy atom. The lowest BCUT2D eigenvalue weighted by molar-refractivity contribution is 0.199. The number of rotatable bonds is 3. The molecule has 1 atom stereocenters. The Hall–Kier alpha value is -1.07. The van der Waals surface area contributed by atoms with Gasteiger partial charge in [0.05, 0.1) is 11.4 Å². The first kappa shape index (κ1) is 17.3. The van der Waals surface area contributed by atoms with Gasteiger partial charge in [-0.15, -0.1) is 12.4 Å². The van der Waals surface area contributed by atoms with Crippen molar-refractivity contribution in [1.29, 1.82) is 0 Å². The number of aryl methyl sites for hydroxylation is 1. The molecular formula is C16H22Cl2N4. The first-order valence-corrected chi connectivity index (χ1v) is 7.76. The van der Waals surface area contributed by atoms with Crippen molar-refractivity contribution in [2.75, 3.05) is 19.6 Å². The predicted molar refractivity (Wildman–Crippen MR) is 93.3 cm³/mol. The minimum atomic E-state index is 0. The summed E-state index contributed by atoms with van der Waals surface area (Å²) < 4.78 is 1.94. The molecule has 2 aromatic rings. The van der Waals surface area contributed by atoms with Crippen molar-refractivity contribution < 1.29 is 0 Å². The van der Waals surface area contributed by atoms with E-state index in [0.717, 1.165) is 42.6 Å². The molecule has 0 saturated carbocycles. The van der Waals surface area contributed by atoms with Crippen molar-refractivity contribution in [2.45, 2.75) is 26.4 Å². The first-order chi connectivity index (χ1) is 10.1. The maximum absolute atomic E-state index is 5.94. The first-order valence-electron chi connectivity index (χ1n) is 7.38. The van der Waals surface area contributed by atoms with Crippen LogP contribution in [0.2, 0.25) is 5.02 Å². The van der Waals surface area contributed by atoms with Crippen LogP contribution in [0.3, 0.4) is 0 Å². The smallest absolute Gasteiger partial charge is 0.0646 e. The van der Waals surface area contributed by atoms with E-state index in [1.807, 2.05) is 28.9 Å². The predicted octanol–water partition coefficient (Wildman–Crippen LogP) is 3.05. The molecule has 22 heavy (non-hydrogen) atoms. The Kier molecular flexibility index (Phi) is 5.87. The third-order valence-electron chi connectivity index (χ3n) is 3.94. The second kappa shape index (κ2) is 7.47. The summed E-state index contributed by atoms with van der Waals surface area (Å²) in [4.78, 5) is 2.48. The van der Waals surface area contributed by atoms with Gasteiger partial charge < -0.3 is 5.32 Å². The van der Waals surface area contributed by atoms with Crippen LogP contribution in [-0.2, 0) is 6.54 Å². The van der Waals surface area contributed by atoms with E-state index >= 15 is 0 Å². The van der Waals surface area contributed by atoms with Crippen LogP contribution in [-0.4, -0.2) is 40.4 Å². The largest absolute Gasteiger partial charge is 0.312 e. The van der Waals surface area contributed by atoms with E-state index < -0.39 is 0 Å². The number of nitrogens with zero attached hydrogens (tertiary/aromatic N) is 3. The molecule has 0 radical (unpaired) electrons. The number of hydrogen-bond acceptors (Lipinski definition) is 3. The van der Waals surface area contributed by atoms with E-state index in [2.05, 4.69) is 35.4 Å². The van der Waals surface area contributed by atoms with Gasteiger partial charge in [-0.25, -0.2) is 4.68 Å². The van der Waals surface area contributed by atoms with Gasteiger partial charge in [0.25, 0.3) is 0 Å². The molecule has 120 valence electrons. The van der Waals surface area contributed by atoms with Crippen LogP contribution in [0.1, 0.15) is 18.2 Å². The monoisotopic (exact) mass is 340 g/mol. The van der Waals surface area contributed by atoms with Gasteiger partial charge in [-0.2, -0.15) is 5.10 Å². The van der Waals surface area contributed by atoms with E-state index in [0.29, 0.717) is 6.04 Å². The zero-order chi connectivity index (χ0) is 14.8. The van der Waals surface area contributed by atoms with Crippen LogP contribution in [0.5, 0.6) is 0 Å². The fraction of sp³-hybridized carbons (Fsp3) is 0.438. The number of hydrogen-bond donors (Lipinski definition) is 1. The summed E-state index contributed by atoms with van der Waals surface area (Å²) in [5.74, 6) is 0. The highest BCUT2D eigenvalue weighted by molar-refractivity contribution is 6.30. The Morgan fingerprint density at radius 1 is 1.32 bits per heavy atom. The van der Waals surface area contributed by atoms with Crippen LogP contribution >= 0.6 is 24.0 Å². The molecule has 0 spiro atoms. The van der Waals surface area contributed by atoms with Crippen LogP contribution < -0.4 is 5.32 Å².